The molecule has 2 aromatic carbocycles. The maximum absolute atomic E-state index is 16.5. The molecule has 42 heavy (non-hydrogen) atoms. The van der Waals surface area contributed by atoms with Gasteiger partial charge in [-0.3, -0.25) is 4.90 Å². The smallest absolute Gasteiger partial charge is 0.319 e. The quantitative estimate of drug-likeness (QED) is 0.294. The molecule has 0 radical (unpaired) electrons. The Bertz CT molecular complexity index is 1640. The summed E-state index contributed by atoms with van der Waals surface area (Å²) in [6, 6.07) is 5.96. The van der Waals surface area contributed by atoms with Crippen LogP contribution in [0.15, 0.2) is 24.3 Å². The van der Waals surface area contributed by atoms with E-state index in [4.69, 9.17) is 14.6 Å². The Morgan fingerprint density at radius 1 is 1.07 bits per heavy atom. The lowest BCUT2D eigenvalue weighted by Gasteiger charge is -2.31. The highest BCUT2D eigenvalue weighted by molar-refractivity contribution is 6.03. The number of pyridine rings is 1. The molecule has 0 spiro atoms. The van der Waals surface area contributed by atoms with E-state index in [0.717, 1.165) is 38.8 Å². The number of nitrogens with one attached hydrogen (secondary N) is 1. The lowest BCUT2D eigenvalue weighted by atomic mass is 9.94. The number of hydrogen-bond donors (Lipinski definition) is 3. The van der Waals surface area contributed by atoms with Crippen molar-refractivity contribution in [2.24, 2.45) is 0 Å². The summed E-state index contributed by atoms with van der Waals surface area (Å²) in [5.41, 5.74) is 0.598. The molecule has 3 N–H and O–H groups in total. The fourth-order valence-electron chi connectivity index (χ4n) is 6.60. The predicted octanol–water partition coefficient (Wildman–Crippen LogP) is 5.20. The van der Waals surface area contributed by atoms with Crippen LogP contribution in [0.2, 0.25) is 0 Å². The van der Waals surface area contributed by atoms with Gasteiger partial charge in [0.25, 0.3) is 0 Å². The van der Waals surface area contributed by atoms with Crippen molar-refractivity contribution in [3.8, 4) is 28.9 Å². The number of anilines is 1. The normalized spacial score (nSPS) is 17.3. The lowest BCUT2D eigenvalue weighted by Crippen LogP contribution is -2.43. The number of aryl methyl sites for hydroxylation is 1. The Morgan fingerprint density at radius 2 is 1.83 bits per heavy atom. The van der Waals surface area contributed by atoms with E-state index in [2.05, 4.69) is 25.2 Å². The van der Waals surface area contributed by atoms with Crippen molar-refractivity contribution in [2.75, 3.05) is 44.8 Å². The van der Waals surface area contributed by atoms with Gasteiger partial charge in [-0.05, 0) is 86.7 Å². The summed E-state index contributed by atoms with van der Waals surface area (Å²) in [7, 11) is 0. The van der Waals surface area contributed by atoms with E-state index in [0.29, 0.717) is 47.1 Å². The maximum Gasteiger partial charge on any atom is 0.319 e. The molecule has 11 heteroatoms. The number of phenolic OH excluding ortho intramolecular Hbond substituents is 1. The van der Waals surface area contributed by atoms with E-state index >= 15 is 4.39 Å². The molecule has 3 aliphatic rings. The van der Waals surface area contributed by atoms with Crippen LogP contribution >= 0.6 is 0 Å². The summed E-state index contributed by atoms with van der Waals surface area (Å²) in [6.07, 6.45) is 4.78. The van der Waals surface area contributed by atoms with Gasteiger partial charge < -0.3 is 25.0 Å². The number of fused-ring (bicyclic) bond motifs is 2. The summed E-state index contributed by atoms with van der Waals surface area (Å²) < 4.78 is 43.4. The van der Waals surface area contributed by atoms with E-state index in [1.165, 1.54) is 18.2 Å². The number of aliphatic hydroxyl groups excluding tert-OH is 1. The Balaban J connectivity index is 0.00000101. The minimum absolute atomic E-state index is 0.00236. The topological polar surface area (TPSA) is 113 Å². The molecule has 3 aliphatic heterocycles. The number of rotatable bonds is 5. The van der Waals surface area contributed by atoms with Gasteiger partial charge in [-0.2, -0.15) is 9.97 Å². The van der Waals surface area contributed by atoms with Crippen LogP contribution in [-0.2, 0) is 6.42 Å². The van der Waals surface area contributed by atoms with Crippen LogP contribution in [0.3, 0.4) is 0 Å². The molecule has 0 amide bonds. The van der Waals surface area contributed by atoms with Crippen LogP contribution in [0.5, 0.6) is 17.6 Å². The van der Waals surface area contributed by atoms with Gasteiger partial charge in [0.2, 0.25) is 5.88 Å². The van der Waals surface area contributed by atoms with Crippen molar-refractivity contribution in [3.63, 3.8) is 0 Å². The van der Waals surface area contributed by atoms with Gasteiger partial charge in [0.15, 0.2) is 5.82 Å². The first kappa shape index (κ1) is 28.3. The second kappa shape index (κ2) is 11.4. The number of ether oxygens (including phenoxy) is 2. The van der Waals surface area contributed by atoms with Crippen LogP contribution in [0.4, 0.5) is 14.6 Å². The van der Waals surface area contributed by atoms with Gasteiger partial charge in [-0.1, -0.05) is 13.0 Å². The number of hydrogen-bond acceptors (Lipinski definition) is 9. The second-order valence-electron chi connectivity index (χ2n) is 10.9. The molecule has 9 nitrogen and oxygen atoms in total. The maximum atomic E-state index is 16.5. The van der Waals surface area contributed by atoms with E-state index in [1.54, 1.807) is 13.0 Å². The van der Waals surface area contributed by atoms with Gasteiger partial charge in [0.05, 0.1) is 12.1 Å². The van der Waals surface area contributed by atoms with E-state index in [1.807, 2.05) is 6.92 Å². The largest absolute Gasteiger partial charge is 0.508 e. The molecule has 4 aromatic rings. The van der Waals surface area contributed by atoms with Gasteiger partial charge in [-0.15, -0.1) is 0 Å². The highest BCUT2D eigenvalue weighted by Crippen LogP contribution is 2.43. The third-order valence-corrected chi connectivity index (χ3v) is 8.41. The number of benzene rings is 2. The molecule has 0 bridgehead atoms. The third-order valence-electron chi connectivity index (χ3n) is 8.41. The fourth-order valence-corrected chi connectivity index (χ4v) is 6.60. The van der Waals surface area contributed by atoms with Gasteiger partial charge in [-0.25, -0.2) is 13.8 Å². The summed E-state index contributed by atoms with van der Waals surface area (Å²) in [5.74, 6) is -0.618. The average molecular weight is 580 g/mol. The number of phenols is 1. The number of aromatic hydroxyl groups is 1. The molecule has 0 atom stereocenters. The monoisotopic (exact) mass is 579 g/mol. The molecule has 0 saturated carbocycles. The first-order valence-electron chi connectivity index (χ1n) is 14.6. The van der Waals surface area contributed by atoms with Crippen LogP contribution in [0.25, 0.3) is 32.9 Å². The molecule has 2 saturated heterocycles. The molecule has 5 heterocycles. The zero-order valence-electron chi connectivity index (χ0n) is 23.8. The van der Waals surface area contributed by atoms with E-state index < -0.39 is 11.6 Å². The van der Waals surface area contributed by atoms with Crippen LogP contribution in [0.1, 0.15) is 45.1 Å². The Morgan fingerprint density at radius 3 is 2.57 bits per heavy atom. The highest BCUT2D eigenvalue weighted by atomic mass is 19.1. The Labute approximate surface area is 242 Å². The summed E-state index contributed by atoms with van der Waals surface area (Å²) in [4.78, 5) is 16.1. The SMILES string of the molecule is CCO.CCc1c(F)ccc2cc(O)cc(-c3nc4c5c(nc(OCC67CCCN6CCC7)nc5c3F)NCCO4)c12. The van der Waals surface area contributed by atoms with Crippen molar-refractivity contribution < 1.29 is 28.5 Å². The van der Waals surface area contributed by atoms with E-state index in [-0.39, 0.29) is 53.2 Å². The molecule has 0 aliphatic carbocycles. The van der Waals surface area contributed by atoms with Crippen LogP contribution in [-0.4, -0.2) is 75.1 Å². The number of halogens is 2. The average Bonchev–Trinajstić information content (AvgIpc) is 3.49. The van der Waals surface area contributed by atoms with Crippen LogP contribution < -0.4 is 14.8 Å². The molecule has 2 aromatic heterocycles. The second-order valence-corrected chi connectivity index (χ2v) is 10.9. The predicted molar refractivity (Wildman–Crippen MR) is 156 cm³/mol. The number of aliphatic hydroxyl groups is 1. The molecule has 7 rings (SSSR count). The Hall–Kier alpha value is -3.83. The van der Waals surface area contributed by atoms with Crippen LogP contribution in [0, 0.1) is 11.6 Å². The van der Waals surface area contributed by atoms with Crippen molar-refractivity contribution in [1.82, 2.24) is 19.9 Å². The molecule has 222 valence electrons. The molecule has 0 unspecified atom stereocenters. The minimum atomic E-state index is -0.714. The minimum Gasteiger partial charge on any atom is -0.508 e. The van der Waals surface area contributed by atoms with Gasteiger partial charge in [0.1, 0.15) is 47.2 Å². The zero-order chi connectivity index (χ0) is 29.4. The van der Waals surface area contributed by atoms with Gasteiger partial charge in [0, 0.05) is 12.2 Å². The first-order chi connectivity index (χ1) is 20.4. The summed E-state index contributed by atoms with van der Waals surface area (Å²) >= 11 is 0. The lowest BCUT2D eigenvalue weighted by molar-refractivity contribution is 0.108. The number of nitrogens with zero attached hydrogens (tertiary/aromatic N) is 4. The van der Waals surface area contributed by atoms with Crippen molar-refractivity contribution in [2.45, 2.75) is 51.5 Å². The summed E-state index contributed by atoms with van der Waals surface area (Å²) in [5, 5.41) is 22.7. The standard InChI is InChI=1S/C29H29F2N5O3.C2H6O/c1-2-18-20(30)6-5-16-13-17(37)14-19(21(16)18)24-23(31)25-22-26(32-9-12-38-27(22)33-24)35-28(34-25)39-15-29-7-3-10-36(29)11-4-8-29;1-2-3/h5-6,13-14,37H,2-4,7-12,15H2,1H3,(H,32,34,35);3H,2H2,1H3. The van der Waals surface area contributed by atoms with Gasteiger partial charge >= 0.3 is 6.01 Å². The molecular formula is C31H35F2N5O4. The van der Waals surface area contributed by atoms with Crippen molar-refractivity contribution in [3.05, 3.63) is 41.5 Å². The summed E-state index contributed by atoms with van der Waals surface area (Å²) in [6.45, 7) is 7.07. The Kier molecular flexibility index (Phi) is 7.71. The highest BCUT2D eigenvalue weighted by Gasteiger charge is 2.45. The third kappa shape index (κ3) is 4.84. The first-order valence-corrected chi connectivity index (χ1v) is 14.6. The van der Waals surface area contributed by atoms with E-state index in [9.17, 15) is 9.50 Å². The van der Waals surface area contributed by atoms with Crippen molar-refractivity contribution >= 4 is 27.5 Å². The molecular weight excluding hydrogens is 544 g/mol. The fraction of sp³-hybridized carbons (Fsp3) is 0.452. The van der Waals surface area contributed by atoms with Crippen molar-refractivity contribution in [1.29, 1.82) is 0 Å². The molecule has 2 fully saturated rings. The number of aromatic nitrogens is 3. The zero-order valence-corrected chi connectivity index (χ0v) is 23.8.